The maximum absolute atomic E-state index is 11.6. The average molecular weight is 312 g/mol. The largest absolute Gasteiger partial charge is 0.448 e. The van der Waals surface area contributed by atoms with Crippen molar-refractivity contribution in [2.45, 2.75) is 12.8 Å². The molecule has 0 saturated heterocycles. The van der Waals surface area contributed by atoms with Gasteiger partial charge < -0.3 is 9.64 Å². The lowest BCUT2D eigenvalue weighted by Gasteiger charge is -2.16. The Kier molecular flexibility index (Phi) is 7.14. The Morgan fingerprint density at radius 3 is 2.35 bits per heavy atom. The van der Waals surface area contributed by atoms with Crippen LogP contribution in [0.5, 0.6) is 0 Å². The summed E-state index contributed by atoms with van der Waals surface area (Å²) in [7, 11) is 2.05. The molecule has 0 aliphatic heterocycles. The summed E-state index contributed by atoms with van der Waals surface area (Å²) >= 11 is 0. The van der Waals surface area contributed by atoms with Gasteiger partial charge in [0.1, 0.15) is 6.61 Å². The fraction of sp³-hybridized carbons (Fsp3) is 0.316. The quantitative estimate of drug-likeness (QED) is 0.806. The monoisotopic (exact) mass is 312 g/mol. The van der Waals surface area contributed by atoms with Crippen molar-refractivity contribution in [3.8, 4) is 0 Å². The molecule has 23 heavy (non-hydrogen) atoms. The van der Waals surface area contributed by atoms with E-state index in [2.05, 4.69) is 34.5 Å². The van der Waals surface area contributed by atoms with Crippen molar-refractivity contribution in [1.82, 2.24) is 4.90 Å². The van der Waals surface area contributed by atoms with E-state index in [1.54, 1.807) is 0 Å². The first-order valence-electron chi connectivity index (χ1n) is 7.95. The Labute approximate surface area is 138 Å². The fourth-order valence-corrected chi connectivity index (χ4v) is 2.28. The maximum atomic E-state index is 11.6. The molecule has 122 valence electrons. The SMILES string of the molecule is CN(CCCc1ccccc1)CCOC(=O)Nc1ccccc1. The van der Waals surface area contributed by atoms with Gasteiger partial charge in [-0.1, -0.05) is 48.5 Å². The summed E-state index contributed by atoms with van der Waals surface area (Å²) in [5, 5.41) is 2.70. The van der Waals surface area contributed by atoms with Gasteiger partial charge in [0.2, 0.25) is 0 Å². The number of nitrogens with one attached hydrogen (secondary N) is 1. The first-order valence-corrected chi connectivity index (χ1v) is 7.95. The molecule has 0 aliphatic rings. The molecule has 1 N–H and O–H groups in total. The van der Waals surface area contributed by atoms with E-state index in [-0.39, 0.29) is 0 Å². The van der Waals surface area contributed by atoms with Crippen LogP contribution in [0.15, 0.2) is 60.7 Å². The summed E-state index contributed by atoms with van der Waals surface area (Å²) in [6, 6.07) is 19.8. The van der Waals surface area contributed by atoms with Crippen LogP contribution in [0.25, 0.3) is 0 Å². The van der Waals surface area contributed by atoms with Gasteiger partial charge in [-0.15, -0.1) is 0 Å². The number of benzene rings is 2. The van der Waals surface area contributed by atoms with E-state index < -0.39 is 6.09 Å². The Hall–Kier alpha value is -2.33. The summed E-state index contributed by atoms with van der Waals surface area (Å²) in [5.74, 6) is 0. The van der Waals surface area contributed by atoms with Gasteiger partial charge in [-0.2, -0.15) is 0 Å². The van der Waals surface area contributed by atoms with E-state index in [0.29, 0.717) is 6.61 Å². The first-order chi connectivity index (χ1) is 11.2. The molecule has 4 nitrogen and oxygen atoms in total. The molecule has 2 aromatic rings. The molecule has 0 aliphatic carbocycles. The summed E-state index contributed by atoms with van der Waals surface area (Å²) in [4.78, 5) is 13.8. The van der Waals surface area contributed by atoms with E-state index in [4.69, 9.17) is 4.74 Å². The van der Waals surface area contributed by atoms with E-state index in [1.807, 2.05) is 43.4 Å². The molecule has 0 atom stereocenters. The van der Waals surface area contributed by atoms with E-state index in [1.165, 1.54) is 5.56 Å². The molecule has 2 aromatic carbocycles. The Balaban J connectivity index is 1.55. The number of para-hydroxylation sites is 1. The van der Waals surface area contributed by atoms with Gasteiger partial charge in [-0.25, -0.2) is 4.79 Å². The van der Waals surface area contributed by atoms with Gasteiger partial charge in [0.25, 0.3) is 0 Å². The number of nitrogens with zero attached hydrogens (tertiary/aromatic N) is 1. The van der Waals surface area contributed by atoms with Gasteiger partial charge >= 0.3 is 6.09 Å². The lowest BCUT2D eigenvalue weighted by molar-refractivity contribution is 0.146. The summed E-state index contributed by atoms with van der Waals surface area (Å²) in [6.07, 6.45) is 1.76. The fourth-order valence-electron chi connectivity index (χ4n) is 2.28. The van der Waals surface area contributed by atoms with Crippen molar-refractivity contribution >= 4 is 11.8 Å². The zero-order valence-corrected chi connectivity index (χ0v) is 13.6. The number of carbonyl (C=O) groups excluding carboxylic acids is 1. The topological polar surface area (TPSA) is 41.6 Å². The van der Waals surface area contributed by atoms with E-state index in [0.717, 1.165) is 31.6 Å². The van der Waals surface area contributed by atoms with Crippen molar-refractivity contribution in [3.63, 3.8) is 0 Å². The zero-order valence-electron chi connectivity index (χ0n) is 13.6. The third kappa shape index (κ3) is 6.98. The second-order valence-corrected chi connectivity index (χ2v) is 5.52. The molecule has 1 amide bonds. The highest BCUT2D eigenvalue weighted by molar-refractivity contribution is 5.84. The second-order valence-electron chi connectivity index (χ2n) is 5.52. The van der Waals surface area contributed by atoms with Crippen molar-refractivity contribution in [1.29, 1.82) is 0 Å². The number of hydrogen-bond acceptors (Lipinski definition) is 3. The standard InChI is InChI=1S/C19H24N2O2/c1-21(14-8-11-17-9-4-2-5-10-17)15-16-23-19(22)20-18-12-6-3-7-13-18/h2-7,9-10,12-13H,8,11,14-16H2,1H3,(H,20,22). The number of ether oxygens (including phenoxy) is 1. The number of carbonyl (C=O) groups is 1. The van der Waals surface area contributed by atoms with Crippen LogP contribution >= 0.6 is 0 Å². The van der Waals surface area contributed by atoms with Gasteiger partial charge in [0.15, 0.2) is 0 Å². The molecule has 0 saturated carbocycles. The number of rotatable bonds is 8. The highest BCUT2D eigenvalue weighted by Gasteiger charge is 2.04. The van der Waals surface area contributed by atoms with E-state index >= 15 is 0 Å². The average Bonchev–Trinajstić information content (AvgIpc) is 2.57. The van der Waals surface area contributed by atoms with Crippen LogP contribution in [0.4, 0.5) is 10.5 Å². The normalized spacial score (nSPS) is 10.5. The van der Waals surface area contributed by atoms with E-state index in [9.17, 15) is 4.79 Å². The molecule has 0 aromatic heterocycles. The molecule has 0 radical (unpaired) electrons. The number of aryl methyl sites for hydroxylation is 1. The summed E-state index contributed by atoms with van der Waals surface area (Å²) in [6.45, 7) is 2.11. The highest BCUT2D eigenvalue weighted by atomic mass is 16.5. The van der Waals surface area contributed by atoms with Gasteiger partial charge in [-0.3, -0.25) is 5.32 Å². The second kappa shape index (κ2) is 9.64. The predicted molar refractivity (Wildman–Crippen MR) is 93.7 cm³/mol. The molecule has 0 fully saturated rings. The maximum Gasteiger partial charge on any atom is 0.411 e. The third-order valence-corrected chi connectivity index (χ3v) is 3.57. The minimum atomic E-state index is -0.408. The molecule has 0 heterocycles. The molecular formula is C19H24N2O2. The molecule has 0 spiro atoms. The van der Waals surface area contributed by atoms with Crippen LogP contribution in [0.1, 0.15) is 12.0 Å². The molecule has 2 rings (SSSR count). The van der Waals surface area contributed by atoms with Crippen LogP contribution in [-0.2, 0) is 11.2 Å². The Morgan fingerprint density at radius 2 is 1.65 bits per heavy atom. The van der Waals surface area contributed by atoms with Gasteiger partial charge in [-0.05, 0) is 44.1 Å². The van der Waals surface area contributed by atoms with Gasteiger partial charge in [0, 0.05) is 12.2 Å². The number of amides is 1. The molecule has 4 heteroatoms. The molecule has 0 bridgehead atoms. The van der Waals surface area contributed by atoms with Crippen LogP contribution in [-0.4, -0.2) is 37.7 Å². The van der Waals surface area contributed by atoms with Crippen molar-refractivity contribution in [2.24, 2.45) is 0 Å². The summed E-state index contributed by atoms with van der Waals surface area (Å²) in [5.41, 5.74) is 2.10. The van der Waals surface area contributed by atoms with Crippen LogP contribution < -0.4 is 5.32 Å². The Morgan fingerprint density at radius 1 is 1.00 bits per heavy atom. The summed E-state index contributed by atoms with van der Waals surface area (Å²) < 4.78 is 5.19. The lowest BCUT2D eigenvalue weighted by Crippen LogP contribution is -2.26. The number of anilines is 1. The Bertz CT molecular complexity index is 572. The van der Waals surface area contributed by atoms with Crippen LogP contribution in [0, 0.1) is 0 Å². The predicted octanol–water partition coefficient (Wildman–Crippen LogP) is 3.80. The van der Waals surface area contributed by atoms with Crippen LogP contribution in [0.3, 0.4) is 0 Å². The van der Waals surface area contributed by atoms with Crippen molar-refractivity contribution < 1.29 is 9.53 Å². The number of likely N-dealkylation sites (N-methyl/N-ethyl adjacent to an activating group) is 1. The molecular weight excluding hydrogens is 288 g/mol. The smallest absolute Gasteiger partial charge is 0.411 e. The highest BCUT2D eigenvalue weighted by Crippen LogP contribution is 2.05. The number of hydrogen-bond donors (Lipinski definition) is 1. The third-order valence-electron chi connectivity index (χ3n) is 3.57. The first kappa shape index (κ1) is 17.0. The molecule has 0 unspecified atom stereocenters. The minimum absolute atomic E-state index is 0.389. The van der Waals surface area contributed by atoms with Crippen molar-refractivity contribution in [2.75, 3.05) is 32.1 Å². The van der Waals surface area contributed by atoms with Crippen molar-refractivity contribution in [3.05, 3.63) is 66.2 Å². The van der Waals surface area contributed by atoms with Crippen LogP contribution in [0.2, 0.25) is 0 Å². The zero-order chi connectivity index (χ0) is 16.3. The lowest BCUT2D eigenvalue weighted by atomic mass is 10.1. The minimum Gasteiger partial charge on any atom is -0.448 e. The van der Waals surface area contributed by atoms with Gasteiger partial charge in [0.05, 0.1) is 0 Å².